The second-order valence-electron chi connectivity index (χ2n) is 4.78. The van der Waals surface area contributed by atoms with Crippen LogP contribution >= 0.6 is 11.6 Å². The maximum absolute atomic E-state index is 12.2. The van der Waals surface area contributed by atoms with E-state index in [1.54, 1.807) is 36.9 Å². The fourth-order valence-electron chi connectivity index (χ4n) is 2.13. The number of carbonyl (C=O) groups excluding carboxylic acids is 1. The Bertz CT molecular complexity index is 743. The summed E-state index contributed by atoms with van der Waals surface area (Å²) in [5, 5.41) is 16.3. The summed E-state index contributed by atoms with van der Waals surface area (Å²) in [5.41, 5.74) is 3.38. The number of aromatic nitrogens is 2. The van der Waals surface area contributed by atoms with Crippen LogP contribution in [0.5, 0.6) is 0 Å². The Labute approximate surface area is 128 Å². The molecule has 0 bridgehead atoms. The van der Waals surface area contributed by atoms with Crippen LogP contribution in [0.3, 0.4) is 0 Å². The number of halogens is 1. The second-order valence-corrected chi connectivity index (χ2v) is 5.19. The van der Waals surface area contributed by atoms with Gasteiger partial charge in [0, 0.05) is 19.3 Å². The van der Waals surface area contributed by atoms with Crippen molar-refractivity contribution < 1.29 is 4.79 Å². The molecule has 1 aromatic carbocycles. The number of hydrogen-bond acceptors (Lipinski definition) is 3. The summed E-state index contributed by atoms with van der Waals surface area (Å²) < 4.78 is 1.68. The predicted octanol–water partition coefficient (Wildman–Crippen LogP) is 2.49. The van der Waals surface area contributed by atoms with Crippen LogP contribution in [-0.2, 0) is 13.6 Å². The smallest absolute Gasteiger partial charge is 0.255 e. The van der Waals surface area contributed by atoms with Gasteiger partial charge in [0.25, 0.3) is 5.91 Å². The Morgan fingerprint density at radius 1 is 1.48 bits per heavy atom. The third-order valence-electron chi connectivity index (χ3n) is 3.34. The van der Waals surface area contributed by atoms with Gasteiger partial charge in [0.1, 0.15) is 6.07 Å². The quantitative estimate of drug-likeness (QED) is 0.947. The molecule has 2 aromatic rings. The van der Waals surface area contributed by atoms with Crippen LogP contribution in [-0.4, -0.2) is 15.7 Å². The number of carbonyl (C=O) groups is 1. The van der Waals surface area contributed by atoms with Crippen molar-refractivity contribution in [3.05, 3.63) is 51.3 Å². The zero-order valence-electron chi connectivity index (χ0n) is 12.1. The highest BCUT2D eigenvalue weighted by Crippen LogP contribution is 2.17. The Morgan fingerprint density at radius 2 is 2.19 bits per heavy atom. The highest BCUT2D eigenvalue weighted by atomic mass is 35.5. The highest BCUT2D eigenvalue weighted by molar-refractivity contribution is 6.31. The molecule has 0 saturated heterocycles. The lowest BCUT2D eigenvalue weighted by Gasteiger charge is -2.07. The molecule has 0 saturated carbocycles. The van der Waals surface area contributed by atoms with Crippen molar-refractivity contribution >= 4 is 17.5 Å². The van der Waals surface area contributed by atoms with Crippen molar-refractivity contribution in [3.8, 4) is 6.07 Å². The molecule has 0 spiro atoms. The summed E-state index contributed by atoms with van der Waals surface area (Å²) in [6, 6.07) is 7.10. The average molecular weight is 303 g/mol. The minimum Gasteiger partial charge on any atom is -0.348 e. The van der Waals surface area contributed by atoms with Gasteiger partial charge >= 0.3 is 0 Å². The molecule has 6 heteroatoms. The first kappa shape index (κ1) is 15.1. The number of amides is 1. The Hall–Kier alpha value is -2.32. The van der Waals surface area contributed by atoms with E-state index in [1.807, 2.05) is 13.0 Å². The maximum atomic E-state index is 12.2. The van der Waals surface area contributed by atoms with Crippen molar-refractivity contribution in [3.63, 3.8) is 0 Å². The van der Waals surface area contributed by atoms with E-state index in [1.165, 1.54) is 0 Å². The van der Waals surface area contributed by atoms with Crippen LogP contribution in [0.15, 0.2) is 18.2 Å². The lowest BCUT2D eigenvalue weighted by molar-refractivity contribution is 0.0949. The number of nitriles is 1. The van der Waals surface area contributed by atoms with E-state index in [9.17, 15) is 4.79 Å². The zero-order chi connectivity index (χ0) is 15.6. The average Bonchev–Trinajstić information content (AvgIpc) is 2.70. The molecule has 0 aliphatic heterocycles. The molecule has 1 heterocycles. The first-order valence-electron chi connectivity index (χ1n) is 6.41. The number of benzene rings is 1. The highest BCUT2D eigenvalue weighted by Gasteiger charge is 2.16. The lowest BCUT2D eigenvalue weighted by Crippen LogP contribution is -2.24. The van der Waals surface area contributed by atoms with E-state index in [0.717, 1.165) is 11.3 Å². The molecule has 21 heavy (non-hydrogen) atoms. The Balaban J connectivity index is 2.11. The minimum atomic E-state index is -0.168. The van der Waals surface area contributed by atoms with E-state index in [0.29, 0.717) is 28.4 Å². The predicted molar refractivity (Wildman–Crippen MR) is 80.0 cm³/mol. The van der Waals surface area contributed by atoms with Gasteiger partial charge < -0.3 is 5.32 Å². The summed E-state index contributed by atoms with van der Waals surface area (Å²) in [6.07, 6.45) is 0. The van der Waals surface area contributed by atoms with E-state index in [-0.39, 0.29) is 5.91 Å². The van der Waals surface area contributed by atoms with E-state index in [4.69, 9.17) is 16.9 Å². The third-order valence-corrected chi connectivity index (χ3v) is 3.66. The van der Waals surface area contributed by atoms with Crippen molar-refractivity contribution in [2.45, 2.75) is 20.4 Å². The maximum Gasteiger partial charge on any atom is 0.255 e. The van der Waals surface area contributed by atoms with Gasteiger partial charge in [0.2, 0.25) is 0 Å². The van der Waals surface area contributed by atoms with Crippen LogP contribution in [0.2, 0.25) is 5.02 Å². The summed E-state index contributed by atoms with van der Waals surface area (Å²) >= 11 is 5.97. The van der Waals surface area contributed by atoms with Gasteiger partial charge in [0.05, 0.1) is 21.8 Å². The molecule has 1 amide bonds. The molecule has 1 aromatic heterocycles. The van der Waals surface area contributed by atoms with Gasteiger partial charge in [-0.25, -0.2) is 0 Å². The molecule has 0 aliphatic rings. The van der Waals surface area contributed by atoms with Crippen LogP contribution < -0.4 is 5.32 Å². The number of rotatable bonds is 3. The van der Waals surface area contributed by atoms with Crippen LogP contribution in [0.1, 0.15) is 32.9 Å². The molecule has 0 unspecified atom stereocenters. The van der Waals surface area contributed by atoms with E-state index >= 15 is 0 Å². The molecule has 1 N–H and O–H groups in total. The normalized spacial score (nSPS) is 10.2. The molecular weight excluding hydrogens is 288 g/mol. The minimum absolute atomic E-state index is 0.168. The first-order valence-corrected chi connectivity index (χ1v) is 6.78. The molecule has 2 rings (SSSR count). The zero-order valence-corrected chi connectivity index (χ0v) is 12.8. The van der Waals surface area contributed by atoms with E-state index in [2.05, 4.69) is 10.4 Å². The summed E-state index contributed by atoms with van der Waals surface area (Å²) in [5.74, 6) is -0.168. The van der Waals surface area contributed by atoms with Crippen LogP contribution in [0, 0.1) is 25.2 Å². The number of hydrogen-bond donors (Lipinski definition) is 1. The largest absolute Gasteiger partial charge is 0.348 e. The fourth-order valence-corrected chi connectivity index (χ4v) is 2.38. The van der Waals surface area contributed by atoms with E-state index < -0.39 is 0 Å². The molecule has 0 aliphatic carbocycles. The SMILES string of the molecule is Cc1nn(C)c(C)c1C(=O)NCc1ccc(C#N)c(Cl)c1. The molecule has 0 fully saturated rings. The Morgan fingerprint density at radius 3 is 2.71 bits per heavy atom. The fraction of sp³-hybridized carbons (Fsp3) is 0.267. The van der Waals surface area contributed by atoms with Gasteiger partial charge in [0.15, 0.2) is 0 Å². The molecule has 5 nitrogen and oxygen atoms in total. The van der Waals surface area contributed by atoms with Crippen molar-refractivity contribution in [2.24, 2.45) is 7.05 Å². The van der Waals surface area contributed by atoms with Crippen LogP contribution in [0.25, 0.3) is 0 Å². The van der Waals surface area contributed by atoms with Gasteiger partial charge in [-0.05, 0) is 31.5 Å². The van der Waals surface area contributed by atoms with Gasteiger partial charge in [-0.2, -0.15) is 10.4 Å². The van der Waals surface area contributed by atoms with Gasteiger partial charge in [-0.3, -0.25) is 9.48 Å². The summed E-state index contributed by atoms with van der Waals surface area (Å²) in [4.78, 5) is 12.2. The van der Waals surface area contributed by atoms with Gasteiger partial charge in [-0.1, -0.05) is 17.7 Å². The Kier molecular flexibility index (Phi) is 4.29. The standard InChI is InChI=1S/C15H15ClN4O/c1-9-14(10(2)20(3)19-9)15(21)18-8-11-4-5-12(7-17)13(16)6-11/h4-6H,8H2,1-3H3,(H,18,21). The monoisotopic (exact) mass is 302 g/mol. The van der Waals surface area contributed by atoms with Gasteiger partial charge in [-0.15, -0.1) is 0 Å². The molecule has 108 valence electrons. The lowest BCUT2D eigenvalue weighted by atomic mass is 10.1. The number of nitrogens with one attached hydrogen (secondary N) is 1. The van der Waals surface area contributed by atoms with Crippen molar-refractivity contribution in [1.82, 2.24) is 15.1 Å². The number of aryl methyl sites for hydroxylation is 2. The second kappa shape index (κ2) is 5.98. The third kappa shape index (κ3) is 3.06. The summed E-state index contributed by atoms with van der Waals surface area (Å²) in [6.45, 7) is 4.01. The topological polar surface area (TPSA) is 70.7 Å². The molecular formula is C15H15ClN4O. The van der Waals surface area contributed by atoms with Crippen molar-refractivity contribution in [2.75, 3.05) is 0 Å². The molecule has 0 atom stereocenters. The van der Waals surface area contributed by atoms with Crippen LogP contribution in [0.4, 0.5) is 0 Å². The first-order chi connectivity index (χ1) is 9.93. The molecule has 0 radical (unpaired) electrons. The number of nitrogens with zero attached hydrogens (tertiary/aromatic N) is 3. The van der Waals surface area contributed by atoms with Crippen molar-refractivity contribution in [1.29, 1.82) is 5.26 Å². The summed E-state index contributed by atoms with van der Waals surface area (Å²) in [7, 11) is 1.81.